The summed E-state index contributed by atoms with van der Waals surface area (Å²) in [4.78, 5) is 166. The van der Waals surface area contributed by atoms with Crippen LogP contribution >= 0.6 is 0 Å². The zero-order chi connectivity index (χ0) is 65.1. The quantitative estimate of drug-likeness (QED) is 0.129. The molecule has 0 bridgehead atoms. The van der Waals surface area contributed by atoms with E-state index in [0.29, 0.717) is 6.42 Å². The number of nitrogens with one attached hydrogen (secondary N) is 5. The highest BCUT2D eigenvalue weighted by atomic mass is 16.3. The van der Waals surface area contributed by atoms with Crippen molar-refractivity contribution in [3.63, 3.8) is 0 Å². The molecule has 6 N–H and O–H groups in total. The number of rotatable bonds is 15. The number of aliphatic hydroxyl groups excluding tert-OH is 1. The molecule has 23 heteroatoms. The van der Waals surface area contributed by atoms with Crippen LogP contribution in [0.2, 0.25) is 0 Å². The Balaban J connectivity index is 4.26. The zero-order valence-corrected chi connectivity index (χ0v) is 55.1. The Bertz CT molecular complexity index is 2290. The van der Waals surface area contributed by atoms with Gasteiger partial charge in [-0.25, -0.2) is 0 Å². The Labute approximate surface area is 502 Å². The van der Waals surface area contributed by atoms with E-state index < -0.39 is 156 Å². The van der Waals surface area contributed by atoms with Gasteiger partial charge in [-0.15, -0.1) is 0 Å². The molecule has 23 nitrogen and oxygen atoms in total. The van der Waals surface area contributed by atoms with Crippen molar-refractivity contribution in [2.75, 3.05) is 48.8 Å². The fraction of sp³-hybridized carbons (Fsp3) is 0.787. The predicted molar refractivity (Wildman–Crippen MR) is 324 cm³/mol. The van der Waals surface area contributed by atoms with Crippen LogP contribution in [0, 0.1) is 41.4 Å². The van der Waals surface area contributed by atoms with Crippen LogP contribution in [0.15, 0.2) is 12.2 Å². The first-order valence-electron chi connectivity index (χ1n) is 30.2. The summed E-state index contributed by atoms with van der Waals surface area (Å²) in [6.45, 7) is 29.2. The van der Waals surface area contributed by atoms with Crippen molar-refractivity contribution in [2.45, 2.75) is 223 Å². The highest BCUT2D eigenvalue weighted by molar-refractivity contribution is 5.99. The first kappa shape index (κ1) is 75.9. The Morgan fingerprint density at radius 3 is 1.33 bits per heavy atom. The summed E-state index contributed by atoms with van der Waals surface area (Å²) in [6, 6.07) is -12.4. The van der Waals surface area contributed by atoms with E-state index >= 15 is 0 Å². The molecule has 84 heavy (non-hydrogen) atoms. The SMILES string of the molecule is C/C=C/CC(C)C(O)C1NC(=O)C(C(C)C)N(C)C(=O)C(CC(C)C)N(C)C(=O)C(CC(C)C)N(C)C(=O)C(C)NC(=O)C(C)NC(=O)C(CC(C)C)N(C)C(=O)C(C(C)C)NC(=O)C(CC(C)C)N(C)C(=O)CN(C)C(=O)C(CC)NC1=O. The number of carbonyl (C=O) groups excluding carboxylic acids is 11. The van der Waals surface area contributed by atoms with Crippen molar-refractivity contribution in [1.29, 1.82) is 0 Å². The van der Waals surface area contributed by atoms with E-state index in [-0.39, 0.29) is 55.8 Å². The van der Waals surface area contributed by atoms with Gasteiger partial charge in [0.15, 0.2) is 0 Å². The summed E-state index contributed by atoms with van der Waals surface area (Å²) in [7, 11) is 8.52. The van der Waals surface area contributed by atoms with E-state index in [2.05, 4.69) is 26.6 Å². The Morgan fingerprint density at radius 2 is 0.881 bits per heavy atom. The maximum atomic E-state index is 15.0. The second-order valence-electron chi connectivity index (χ2n) is 25.7. The number of aliphatic hydroxyl groups is 1. The number of amides is 11. The maximum Gasteiger partial charge on any atom is 0.245 e. The molecule has 1 heterocycles. The van der Waals surface area contributed by atoms with Gasteiger partial charge in [0.25, 0.3) is 0 Å². The van der Waals surface area contributed by atoms with Crippen LogP contribution in [0.5, 0.6) is 0 Å². The van der Waals surface area contributed by atoms with Gasteiger partial charge in [0.1, 0.15) is 60.4 Å². The molecule has 11 amide bonds. The topological polar surface area (TPSA) is 288 Å². The molecule has 0 aromatic heterocycles. The van der Waals surface area contributed by atoms with E-state index in [4.69, 9.17) is 0 Å². The van der Waals surface area contributed by atoms with Gasteiger partial charge in [-0.3, -0.25) is 52.7 Å². The predicted octanol–water partition coefficient (Wildman–Crippen LogP) is 2.93. The standard InChI is InChI=1S/C61H109N11O12/c1-24-26-27-39(15)51(74)49-55(78)64-42(25-2)58(81)67(18)32-47(73)68(19)43(28-33(3)4)54(77)65-48(37(11)12)61(84)69(20)44(29-34(5)6)53(76)62-40(16)52(75)63-41(17)57(80)70(21)45(30-35(7)8)59(82)71(22)46(31-36(9)10)60(83)72(23)50(38(13)14)56(79)66-49/h24,26,33-46,48-51,74H,25,27-32H2,1-23H3,(H,62,76)(H,63,75)(H,64,78)(H,65,77)(H,66,79)/b26-24+. The minimum Gasteiger partial charge on any atom is -0.390 e. The number of carbonyl (C=O) groups is 11. The molecular weight excluding hydrogens is 1080 g/mol. The van der Waals surface area contributed by atoms with Crippen molar-refractivity contribution < 1.29 is 57.8 Å². The number of hydrogen-bond acceptors (Lipinski definition) is 12. The summed E-state index contributed by atoms with van der Waals surface area (Å²) >= 11 is 0. The van der Waals surface area contributed by atoms with Crippen LogP contribution in [-0.4, -0.2) is 215 Å². The number of nitrogens with zero attached hydrogens (tertiary/aromatic N) is 6. The number of hydrogen-bond donors (Lipinski definition) is 6. The Morgan fingerprint density at radius 1 is 0.464 bits per heavy atom. The molecule has 1 rings (SSSR count). The molecule has 0 aliphatic carbocycles. The smallest absolute Gasteiger partial charge is 0.245 e. The fourth-order valence-corrected chi connectivity index (χ4v) is 10.4. The molecule has 480 valence electrons. The highest BCUT2D eigenvalue weighted by Gasteiger charge is 2.44. The molecule has 0 aromatic carbocycles. The molecule has 1 aliphatic rings. The van der Waals surface area contributed by atoms with Crippen LogP contribution in [0.4, 0.5) is 0 Å². The lowest BCUT2D eigenvalue weighted by molar-refractivity contribution is -0.154. The normalized spacial score (nSPS) is 27.0. The van der Waals surface area contributed by atoms with Gasteiger partial charge in [-0.05, 0) is 101 Å². The molecule has 0 aromatic rings. The van der Waals surface area contributed by atoms with Crippen LogP contribution in [0.3, 0.4) is 0 Å². The lowest BCUT2D eigenvalue weighted by atomic mass is 9.92. The maximum absolute atomic E-state index is 15.0. The lowest BCUT2D eigenvalue weighted by Gasteiger charge is -2.40. The summed E-state index contributed by atoms with van der Waals surface area (Å²) in [6.07, 6.45) is 2.99. The number of likely N-dealkylation sites (N-methyl/N-ethyl adjacent to an activating group) is 6. The monoisotopic (exact) mass is 1190 g/mol. The van der Waals surface area contributed by atoms with Crippen LogP contribution < -0.4 is 26.6 Å². The lowest BCUT2D eigenvalue weighted by Crippen LogP contribution is -2.63. The average Bonchev–Trinajstić information content (AvgIpc) is 3.53. The van der Waals surface area contributed by atoms with Gasteiger partial charge in [0, 0.05) is 42.3 Å². The number of allylic oxidation sites excluding steroid dienone is 2. The van der Waals surface area contributed by atoms with Crippen LogP contribution in [0.25, 0.3) is 0 Å². The van der Waals surface area contributed by atoms with Crippen molar-refractivity contribution in [2.24, 2.45) is 41.4 Å². The molecule has 1 aliphatic heterocycles. The van der Waals surface area contributed by atoms with Gasteiger partial charge >= 0.3 is 0 Å². The van der Waals surface area contributed by atoms with Gasteiger partial charge in [0.2, 0.25) is 65.0 Å². The van der Waals surface area contributed by atoms with E-state index in [0.717, 1.165) is 4.90 Å². The van der Waals surface area contributed by atoms with Gasteiger partial charge in [-0.1, -0.05) is 109 Å². The van der Waals surface area contributed by atoms with Crippen LogP contribution in [-0.2, 0) is 52.7 Å². The molecule has 0 saturated carbocycles. The highest BCUT2D eigenvalue weighted by Crippen LogP contribution is 2.24. The fourth-order valence-electron chi connectivity index (χ4n) is 10.4. The largest absolute Gasteiger partial charge is 0.390 e. The summed E-state index contributed by atoms with van der Waals surface area (Å²) < 4.78 is 0. The van der Waals surface area contributed by atoms with Gasteiger partial charge in [0.05, 0.1) is 12.6 Å². The Hall–Kier alpha value is -6.13. The molecular formula is C61H109N11O12. The average molecular weight is 1190 g/mol. The van der Waals surface area contributed by atoms with E-state index in [1.165, 1.54) is 80.6 Å². The third-order valence-electron chi connectivity index (χ3n) is 15.7. The molecule has 12 atom stereocenters. The minimum atomic E-state index is -1.66. The van der Waals surface area contributed by atoms with Gasteiger partial charge < -0.3 is 61.1 Å². The van der Waals surface area contributed by atoms with E-state index in [1.807, 2.05) is 55.4 Å². The van der Waals surface area contributed by atoms with Crippen molar-refractivity contribution in [1.82, 2.24) is 56.0 Å². The first-order valence-corrected chi connectivity index (χ1v) is 30.2. The molecule has 1 saturated heterocycles. The van der Waals surface area contributed by atoms with Crippen molar-refractivity contribution in [3.8, 4) is 0 Å². The molecule has 0 radical (unpaired) electrons. The van der Waals surface area contributed by atoms with Crippen molar-refractivity contribution >= 4 is 65.0 Å². The summed E-state index contributed by atoms with van der Waals surface area (Å²) in [5, 5.41) is 25.5. The molecule has 0 spiro atoms. The van der Waals surface area contributed by atoms with Crippen LogP contribution in [0.1, 0.15) is 156 Å². The van der Waals surface area contributed by atoms with E-state index in [9.17, 15) is 57.8 Å². The summed E-state index contributed by atoms with van der Waals surface area (Å²) in [5.74, 6) is -9.87. The third-order valence-corrected chi connectivity index (χ3v) is 15.7. The van der Waals surface area contributed by atoms with Crippen molar-refractivity contribution in [3.05, 3.63) is 12.2 Å². The second kappa shape index (κ2) is 34.7. The van der Waals surface area contributed by atoms with E-state index in [1.54, 1.807) is 60.6 Å². The van der Waals surface area contributed by atoms with Gasteiger partial charge in [-0.2, -0.15) is 0 Å². The first-order chi connectivity index (χ1) is 38.8. The Kier molecular flexibility index (Phi) is 31.4. The molecule has 12 unspecified atom stereocenters. The third kappa shape index (κ3) is 21.7. The minimum absolute atomic E-state index is 0.0192. The summed E-state index contributed by atoms with van der Waals surface area (Å²) in [5.41, 5.74) is 0. The second-order valence-corrected chi connectivity index (χ2v) is 25.7. The molecule has 1 fully saturated rings. The zero-order valence-electron chi connectivity index (χ0n) is 55.1.